The van der Waals surface area contributed by atoms with Crippen LogP contribution in [0.4, 0.5) is 15.8 Å². The molecule has 1 amide bonds. The second-order valence-electron chi connectivity index (χ2n) is 9.29. The molecule has 186 valence electrons. The summed E-state index contributed by atoms with van der Waals surface area (Å²) in [5.74, 6) is -0.320. The van der Waals surface area contributed by atoms with Crippen molar-refractivity contribution < 1.29 is 13.9 Å². The fourth-order valence-electron chi connectivity index (χ4n) is 5.20. The molecule has 4 aromatic rings. The maximum absolute atomic E-state index is 15.1. The molecule has 2 aliphatic rings. The average Bonchev–Trinajstić information content (AvgIpc) is 3.68. The van der Waals surface area contributed by atoms with Crippen LogP contribution in [-0.2, 0) is 9.53 Å². The molecular formula is C27H28FN5O2S. The van der Waals surface area contributed by atoms with Crippen LogP contribution < -0.4 is 10.2 Å². The van der Waals surface area contributed by atoms with Gasteiger partial charge < -0.3 is 15.0 Å². The summed E-state index contributed by atoms with van der Waals surface area (Å²) in [6.45, 7) is 4.40. The number of H-pyrrole nitrogens is 1. The van der Waals surface area contributed by atoms with Gasteiger partial charge in [0.1, 0.15) is 17.6 Å². The Hall–Kier alpha value is -3.27. The molecule has 0 radical (unpaired) electrons. The highest BCUT2D eigenvalue weighted by Crippen LogP contribution is 2.33. The summed E-state index contributed by atoms with van der Waals surface area (Å²) in [5.41, 5.74) is 4.47. The smallest absolute Gasteiger partial charge is 0.246 e. The number of likely N-dealkylation sites (tertiary alicyclic amines) is 1. The van der Waals surface area contributed by atoms with E-state index in [4.69, 9.17) is 4.74 Å². The predicted molar refractivity (Wildman–Crippen MR) is 141 cm³/mol. The van der Waals surface area contributed by atoms with E-state index >= 15 is 4.39 Å². The predicted octanol–water partition coefficient (Wildman–Crippen LogP) is 5.04. The highest BCUT2D eigenvalue weighted by atomic mass is 32.1. The van der Waals surface area contributed by atoms with E-state index in [0.717, 1.165) is 42.4 Å². The molecule has 0 spiro atoms. The second-order valence-corrected chi connectivity index (χ2v) is 10.1. The molecule has 7 nitrogen and oxygen atoms in total. The number of amides is 1. The number of morpholine rings is 1. The lowest BCUT2D eigenvalue weighted by molar-refractivity contribution is -0.121. The normalized spacial score (nSPS) is 17.5. The SMILES string of the molecule is O=C(Nc1ccc2[nH]nc(-c3ccc(N4CCOCC4)c(F)c3)c2c1)C(c1ccsc1)N1CCCC1. The average molecular weight is 506 g/mol. The topological polar surface area (TPSA) is 73.5 Å². The largest absolute Gasteiger partial charge is 0.378 e. The molecule has 36 heavy (non-hydrogen) atoms. The van der Waals surface area contributed by atoms with Gasteiger partial charge in [0.05, 0.1) is 24.4 Å². The summed E-state index contributed by atoms with van der Waals surface area (Å²) in [5, 5.41) is 15.5. The molecule has 2 fully saturated rings. The quantitative estimate of drug-likeness (QED) is 0.384. The number of nitrogens with zero attached hydrogens (tertiary/aromatic N) is 3. The molecule has 9 heteroatoms. The van der Waals surface area contributed by atoms with Crippen molar-refractivity contribution in [3.63, 3.8) is 0 Å². The van der Waals surface area contributed by atoms with Gasteiger partial charge in [0.2, 0.25) is 5.91 Å². The molecule has 2 aromatic carbocycles. The Bertz CT molecular complexity index is 1360. The third-order valence-corrected chi connectivity index (χ3v) is 7.72. The summed E-state index contributed by atoms with van der Waals surface area (Å²) >= 11 is 1.61. The Kier molecular flexibility index (Phi) is 6.43. The number of aromatic amines is 1. The molecule has 0 bridgehead atoms. The number of fused-ring (bicyclic) bond motifs is 1. The van der Waals surface area contributed by atoms with Crippen molar-refractivity contribution in [1.82, 2.24) is 15.1 Å². The first-order valence-electron chi connectivity index (χ1n) is 12.3. The zero-order valence-electron chi connectivity index (χ0n) is 19.9. The molecule has 1 atom stereocenters. The van der Waals surface area contributed by atoms with Crippen LogP contribution in [0.3, 0.4) is 0 Å². The lowest BCUT2D eigenvalue weighted by Gasteiger charge is -2.29. The van der Waals surface area contributed by atoms with Crippen LogP contribution in [0.2, 0.25) is 0 Å². The number of rotatable bonds is 6. The van der Waals surface area contributed by atoms with Crippen molar-refractivity contribution in [3.05, 3.63) is 64.6 Å². The van der Waals surface area contributed by atoms with E-state index in [-0.39, 0.29) is 17.8 Å². The number of hydrogen-bond donors (Lipinski definition) is 2. The highest BCUT2D eigenvalue weighted by molar-refractivity contribution is 7.08. The number of thiophene rings is 1. The van der Waals surface area contributed by atoms with Crippen LogP contribution in [0.1, 0.15) is 24.4 Å². The number of anilines is 2. The lowest BCUT2D eigenvalue weighted by Crippen LogP contribution is -2.36. The van der Waals surface area contributed by atoms with E-state index in [0.29, 0.717) is 48.9 Å². The van der Waals surface area contributed by atoms with Gasteiger partial charge >= 0.3 is 0 Å². The maximum Gasteiger partial charge on any atom is 0.246 e. The van der Waals surface area contributed by atoms with Gasteiger partial charge in [-0.15, -0.1) is 0 Å². The van der Waals surface area contributed by atoms with E-state index in [1.54, 1.807) is 11.3 Å². The zero-order valence-corrected chi connectivity index (χ0v) is 20.7. The molecule has 2 N–H and O–H groups in total. The van der Waals surface area contributed by atoms with Crippen LogP contribution >= 0.6 is 11.3 Å². The van der Waals surface area contributed by atoms with Crippen molar-refractivity contribution in [1.29, 1.82) is 0 Å². The number of aromatic nitrogens is 2. The lowest BCUT2D eigenvalue weighted by atomic mass is 10.1. The van der Waals surface area contributed by atoms with Gasteiger partial charge in [-0.3, -0.25) is 14.8 Å². The van der Waals surface area contributed by atoms with Crippen LogP contribution in [-0.4, -0.2) is 60.4 Å². The summed E-state index contributed by atoms with van der Waals surface area (Å²) in [4.78, 5) is 17.7. The first-order chi connectivity index (χ1) is 17.7. The van der Waals surface area contributed by atoms with Gasteiger partial charge in [-0.2, -0.15) is 16.4 Å². The monoisotopic (exact) mass is 505 g/mol. The fourth-order valence-corrected chi connectivity index (χ4v) is 5.87. The van der Waals surface area contributed by atoms with Crippen molar-refractivity contribution in [2.75, 3.05) is 49.6 Å². The van der Waals surface area contributed by atoms with Crippen molar-refractivity contribution in [2.45, 2.75) is 18.9 Å². The fraction of sp³-hybridized carbons (Fsp3) is 0.333. The van der Waals surface area contributed by atoms with Crippen LogP contribution in [0.15, 0.2) is 53.2 Å². The van der Waals surface area contributed by atoms with Crippen molar-refractivity contribution in [2.24, 2.45) is 0 Å². The molecule has 0 saturated carbocycles. The van der Waals surface area contributed by atoms with Crippen LogP contribution in [0.5, 0.6) is 0 Å². The van der Waals surface area contributed by atoms with Gasteiger partial charge in [-0.1, -0.05) is 6.07 Å². The molecule has 0 aliphatic carbocycles. The number of benzene rings is 2. The highest BCUT2D eigenvalue weighted by Gasteiger charge is 2.30. The minimum absolute atomic E-state index is 0.0411. The van der Waals surface area contributed by atoms with Crippen LogP contribution in [0, 0.1) is 5.82 Å². The third kappa shape index (κ3) is 4.50. The molecule has 6 rings (SSSR count). The summed E-state index contributed by atoms with van der Waals surface area (Å²) < 4.78 is 20.5. The Morgan fingerprint density at radius 3 is 2.67 bits per heavy atom. The Morgan fingerprint density at radius 1 is 1.08 bits per heavy atom. The number of nitrogens with one attached hydrogen (secondary N) is 2. The third-order valence-electron chi connectivity index (χ3n) is 7.02. The van der Waals surface area contributed by atoms with Crippen molar-refractivity contribution >= 4 is 39.5 Å². The Labute approximate surface area is 212 Å². The molecule has 2 aromatic heterocycles. The number of hydrogen-bond acceptors (Lipinski definition) is 6. The van der Waals surface area contributed by atoms with E-state index in [1.165, 1.54) is 6.07 Å². The van der Waals surface area contributed by atoms with Gasteiger partial charge in [-0.05, 0) is 78.7 Å². The first-order valence-corrected chi connectivity index (χ1v) is 13.3. The molecule has 2 aliphatic heterocycles. The number of halogens is 1. The number of carbonyl (C=O) groups excluding carboxylic acids is 1. The summed E-state index contributed by atoms with van der Waals surface area (Å²) in [6.07, 6.45) is 2.22. The molecule has 4 heterocycles. The molecular weight excluding hydrogens is 477 g/mol. The van der Waals surface area contributed by atoms with Gasteiger partial charge in [0.25, 0.3) is 0 Å². The van der Waals surface area contributed by atoms with E-state index < -0.39 is 0 Å². The van der Waals surface area contributed by atoms with Crippen molar-refractivity contribution in [3.8, 4) is 11.3 Å². The van der Waals surface area contributed by atoms with E-state index in [1.807, 2.05) is 46.7 Å². The maximum atomic E-state index is 15.1. The standard InChI is InChI=1S/C27H28FN5O2S/c28-22-15-18(3-6-24(22)32-10-12-35-13-11-32)25-21-16-20(4-5-23(21)30-31-25)29-27(34)26(19-7-14-36-17-19)33-8-1-2-9-33/h3-7,14-17,26H,1-2,8-13H2,(H,29,34)(H,30,31). The summed E-state index contributed by atoms with van der Waals surface area (Å²) in [7, 11) is 0. The van der Waals surface area contributed by atoms with Crippen LogP contribution in [0.25, 0.3) is 22.2 Å². The first kappa shape index (κ1) is 23.1. The second kappa shape index (κ2) is 10.0. The number of carbonyl (C=O) groups is 1. The van der Waals surface area contributed by atoms with E-state index in [9.17, 15) is 4.79 Å². The Balaban J connectivity index is 1.27. The Morgan fingerprint density at radius 2 is 1.92 bits per heavy atom. The minimum Gasteiger partial charge on any atom is -0.378 e. The number of ether oxygens (including phenoxy) is 1. The zero-order chi connectivity index (χ0) is 24.5. The van der Waals surface area contributed by atoms with Gasteiger partial charge in [-0.25, -0.2) is 4.39 Å². The molecule has 1 unspecified atom stereocenters. The summed E-state index contributed by atoms with van der Waals surface area (Å²) in [6, 6.07) is 12.6. The van der Waals surface area contributed by atoms with Gasteiger partial charge in [0.15, 0.2) is 0 Å². The minimum atomic E-state index is -0.305. The van der Waals surface area contributed by atoms with E-state index in [2.05, 4.69) is 25.8 Å². The van der Waals surface area contributed by atoms with Gasteiger partial charge in [0, 0.05) is 29.7 Å². The molecule has 2 saturated heterocycles.